The molecule has 0 aliphatic carbocycles. The summed E-state index contributed by atoms with van der Waals surface area (Å²) < 4.78 is 15.5. The minimum absolute atomic E-state index is 0.304. The van der Waals surface area contributed by atoms with Gasteiger partial charge in [0.1, 0.15) is 5.92 Å². The van der Waals surface area contributed by atoms with Gasteiger partial charge in [-0.3, -0.25) is 4.79 Å². The fourth-order valence-corrected chi connectivity index (χ4v) is 1.83. The second-order valence-electron chi connectivity index (χ2n) is 4.93. The lowest BCUT2D eigenvalue weighted by Crippen LogP contribution is -2.18. The highest BCUT2D eigenvalue weighted by Crippen LogP contribution is 2.24. The lowest BCUT2D eigenvalue weighted by atomic mass is 9.97. The summed E-state index contributed by atoms with van der Waals surface area (Å²) >= 11 is 0. The summed E-state index contributed by atoms with van der Waals surface area (Å²) in [5.74, 6) is 0.447. The van der Waals surface area contributed by atoms with Gasteiger partial charge < -0.3 is 14.0 Å². The van der Waals surface area contributed by atoms with Crippen LogP contribution in [0, 0.1) is 5.92 Å². The number of hydrogen-bond donors (Lipinski definition) is 0. The second kappa shape index (κ2) is 8.68. The van der Waals surface area contributed by atoms with Crippen molar-refractivity contribution in [2.75, 3.05) is 19.8 Å². The van der Waals surface area contributed by atoms with Gasteiger partial charge in [-0.25, -0.2) is 0 Å². The molecule has 1 heterocycles. The summed E-state index contributed by atoms with van der Waals surface area (Å²) in [7, 11) is 0. The summed E-state index contributed by atoms with van der Waals surface area (Å²) in [4.78, 5) is 16.3. The number of aromatic nitrogens is 2. The van der Waals surface area contributed by atoms with E-state index in [0.29, 0.717) is 50.3 Å². The third-order valence-electron chi connectivity index (χ3n) is 2.73. The van der Waals surface area contributed by atoms with Crippen molar-refractivity contribution in [1.82, 2.24) is 10.1 Å². The van der Waals surface area contributed by atoms with Gasteiger partial charge in [0.05, 0.1) is 13.2 Å². The molecule has 20 heavy (non-hydrogen) atoms. The van der Waals surface area contributed by atoms with E-state index in [2.05, 4.69) is 10.1 Å². The predicted molar refractivity (Wildman–Crippen MR) is 73.3 cm³/mol. The molecule has 0 radical (unpaired) electrons. The quantitative estimate of drug-likeness (QED) is 0.512. The molecule has 1 aromatic rings. The van der Waals surface area contributed by atoms with Gasteiger partial charge in [-0.2, -0.15) is 4.98 Å². The van der Waals surface area contributed by atoms with E-state index in [4.69, 9.17) is 14.0 Å². The van der Waals surface area contributed by atoms with Crippen LogP contribution in [0.5, 0.6) is 0 Å². The van der Waals surface area contributed by atoms with E-state index in [-0.39, 0.29) is 5.97 Å². The smallest absolute Gasteiger partial charge is 0.318 e. The van der Waals surface area contributed by atoms with Crippen molar-refractivity contribution in [2.45, 2.75) is 46.5 Å². The van der Waals surface area contributed by atoms with Crippen LogP contribution in [0.3, 0.4) is 0 Å². The van der Waals surface area contributed by atoms with Crippen LogP contribution in [-0.2, 0) is 20.7 Å². The maximum Gasteiger partial charge on any atom is 0.318 e. The van der Waals surface area contributed by atoms with Crippen LogP contribution < -0.4 is 0 Å². The summed E-state index contributed by atoms with van der Waals surface area (Å²) in [6, 6.07) is 0. The Kier molecular flexibility index (Phi) is 7.22. The highest BCUT2D eigenvalue weighted by atomic mass is 16.5. The molecule has 0 aliphatic heterocycles. The summed E-state index contributed by atoms with van der Waals surface area (Å²) in [6.07, 6.45) is 1.21. The number of rotatable bonds is 9. The van der Waals surface area contributed by atoms with Gasteiger partial charge in [0.15, 0.2) is 5.82 Å². The van der Waals surface area contributed by atoms with Crippen LogP contribution in [0.2, 0.25) is 0 Å². The molecule has 0 saturated carbocycles. The molecule has 1 unspecified atom stereocenters. The molecule has 6 nitrogen and oxygen atoms in total. The number of esters is 1. The Bertz CT molecular complexity index is 404. The van der Waals surface area contributed by atoms with Crippen LogP contribution in [0.1, 0.15) is 51.7 Å². The Morgan fingerprint density at radius 2 is 2.05 bits per heavy atom. The number of ether oxygens (including phenoxy) is 2. The zero-order valence-corrected chi connectivity index (χ0v) is 12.7. The molecule has 0 saturated heterocycles. The number of hydrogen-bond acceptors (Lipinski definition) is 6. The fourth-order valence-electron chi connectivity index (χ4n) is 1.83. The van der Waals surface area contributed by atoms with E-state index in [9.17, 15) is 4.79 Å². The highest BCUT2D eigenvalue weighted by molar-refractivity contribution is 5.76. The molecular weight excluding hydrogens is 260 g/mol. The monoisotopic (exact) mass is 284 g/mol. The third kappa shape index (κ3) is 5.28. The van der Waals surface area contributed by atoms with E-state index in [1.54, 1.807) is 6.92 Å². The lowest BCUT2D eigenvalue weighted by molar-refractivity contribution is -0.146. The molecule has 0 fully saturated rings. The SMILES string of the molecule is CCOCCc1noc(C(CC(C)C)C(=O)OCC)n1. The van der Waals surface area contributed by atoms with Gasteiger partial charge in [0, 0.05) is 13.0 Å². The van der Waals surface area contributed by atoms with Crippen molar-refractivity contribution in [1.29, 1.82) is 0 Å². The zero-order chi connectivity index (χ0) is 15.0. The molecule has 1 aromatic heterocycles. The first-order valence-electron chi connectivity index (χ1n) is 7.15. The number of carbonyl (C=O) groups is 1. The maximum absolute atomic E-state index is 12.0. The van der Waals surface area contributed by atoms with E-state index in [0.717, 1.165) is 0 Å². The molecule has 0 bridgehead atoms. The van der Waals surface area contributed by atoms with Gasteiger partial charge >= 0.3 is 5.97 Å². The van der Waals surface area contributed by atoms with Crippen molar-refractivity contribution in [3.63, 3.8) is 0 Å². The van der Waals surface area contributed by atoms with Gasteiger partial charge in [-0.15, -0.1) is 0 Å². The predicted octanol–water partition coefficient (Wildman–Crippen LogP) is 2.34. The largest absolute Gasteiger partial charge is 0.465 e. The maximum atomic E-state index is 12.0. The molecule has 0 aliphatic rings. The second-order valence-corrected chi connectivity index (χ2v) is 4.93. The molecule has 6 heteroatoms. The van der Waals surface area contributed by atoms with Crippen LogP contribution in [0.4, 0.5) is 0 Å². The van der Waals surface area contributed by atoms with Gasteiger partial charge in [-0.1, -0.05) is 19.0 Å². The van der Waals surface area contributed by atoms with Crippen molar-refractivity contribution in [2.24, 2.45) is 5.92 Å². The summed E-state index contributed by atoms with van der Waals surface area (Å²) in [6.45, 7) is 9.34. The van der Waals surface area contributed by atoms with Crippen LogP contribution in [0.25, 0.3) is 0 Å². The molecule has 1 rings (SSSR count). The molecule has 0 aromatic carbocycles. The van der Waals surface area contributed by atoms with Crippen LogP contribution in [0.15, 0.2) is 4.52 Å². The van der Waals surface area contributed by atoms with Crippen molar-refractivity contribution in [3.8, 4) is 0 Å². The normalized spacial score (nSPS) is 12.7. The van der Waals surface area contributed by atoms with E-state index >= 15 is 0 Å². The van der Waals surface area contributed by atoms with Gasteiger partial charge in [0.25, 0.3) is 0 Å². The Labute approximate surface area is 119 Å². The average Bonchev–Trinajstić information content (AvgIpc) is 2.85. The lowest BCUT2D eigenvalue weighted by Gasteiger charge is -2.13. The van der Waals surface area contributed by atoms with Crippen LogP contribution >= 0.6 is 0 Å². The first-order chi connectivity index (χ1) is 9.58. The van der Waals surface area contributed by atoms with E-state index in [1.165, 1.54) is 0 Å². The highest BCUT2D eigenvalue weighted by Gasteiger charge is 2.28. The zero-order valence-electron chi connectivity index (χ0n) is 12.7. The number of carbonyl (C=O) groups excluding carboxylic acids is 1. The Balaban J connectivity index is 2.72. The average molecular weight is 284 g/mol. The summed E-state index contributed by atoms with van der Waals surface area (Å²) in [5.41, 5.74) is 0. The van der Waals surface area contributed by atoms with Gasteiger partial charge in [-0.05, 0) is 26.2 Å². The minimum Gasteiger partial charge on any atom is -0.465 e. The first-order valence-corrected chi connectivity index (χ1v) is 7.15. The third-order valence-corrected chi connectivity index (χ3v) is 2.73. The standard InChI is InChI=1S/C14H24N2O4/c1-5-18-8-7-12-15-13(20-16-12)11(9-10(3)4)14(17)19-6-2/h10-11H,5-9H2,1-4H3. The number of nitrogens with zero attached hydrogens (tertiary/aromatic N) is 2. The summed E-state index contributed by atoms with van der Waals surface area (Å²) in [5, 5.41) is 3.88. The van der Waals surface area contributed by atoms with Crippen molar-refractivity contribution < 1.29 is 18.8 Å². The molecule has 0 N–H and O–H groups in total. The molecule has 1 atom stereocenters. The van der Waals surface area contributed by atoms with Crippen molar-refractivity contribution in [3.05, 3.63) is 11.7 Å². The van der Waals surface area contributed by atoms with Gasteiger partial charge in [0.2, 0.25) is 5.89 Å². The molecule has 114 valence electrons. The fraction of sp³-hybridized carbons (Fsp3) is 0.786. The van der Waals surface area contributed by atoms with E-state index in [1.807, 2.05) is 20.8 Å². The minimum atomic E-state index is -0.483. The van der Waals surface area contributed by atoms with Crippen molar-refractivity contribution >= 4 is 5.97 Å². The Morgan fingerprint density at radius 1 is 1.30 bits per heavy atom. The Hall–Kier alpha value is -1.43. The molecular formula is C14H24N2O4. The Morgan fingerprint density at radius 3 is 2.65 bits per heavy atom. The first kappa shape index (κ1) is 16.6. The topological polar surface area (TPSA) is 74.5 Å². The molecule has 0 spiro atoms. The van der Waals surface area contributed by atoms with Crippen LogP contribution in [-0.4, -0.2) is 35.9 Å². The molecule has 0 amide bonds. The van der Waals surface area contributed by atoms with E-state index < -0.39 is 5.92 Å².